The van der Waals surface area contributed by atoms with Crippen LogP contribution < -0.4 is 4.90 Å². The molecule has 3 saturated heterocycles. The molecule has 1 aromatic carbocycles. The van der Waals surface area contributed by atoms with Crippen molar-refractivity contribution in [1.82, 2.24) is 4.90 Å². The zero-order chi connectivity index (χ0) is 23.9. The van der Waals surface area contributed by atoms with Crippen molar-refractivity contribution >= 4 is 35.1 Å². The van der Waals surface area contributed by atoms with Gasteiger partial charge < -0.3 is 24.4 Å². The van der Waals surface area contributed by atoms with Crippen LogP contribution in [0.2, 0.25) is 5.02 Å². The fraction of sp³-hybridized carbons (Fsp3) is 0.542. The molecule has 1 spiro atoms. The number of aliphatic hydroxyl groups is 1. The summed E-state index contributed by atoms with van der Waals surface area (Å²) < 4.78 is 11.6. The van der Waals surface area contributed by atoms with Gasteiger partial charge in [0.1, 0.15) is 11.6 Å². The van der Waals surface area contributed by atoms with Crippen molar-refractivity contribution in [2.24, 2.45) is 11.8 Å². The Morgan fingerprint density at radius 3 is 2.85 bits per heavy atom. The van der Waals surface area contributed by atoms with E-state index in [-0.39, 0.29) is 38.1 Å². The summed E-state index contributed by atoms with van der Waals surface area (Å²) in [6, 6.07) is 4.36. The number of likely N-dealkylation sites (tertiary alicyclic amines) is 1. The van der Waals surface area contributed by atoms with E-state index in [0.717, 1.165) is 5.56 Å². The van der Waals surface area contributed by atoms with E-state index in [1.807, 2.05) is 13.0 Å². The molecule has 0 saturated carbocycles. The fourth-order valence-electron chi connectivity index (χ4n) is 5.82. The molecule has 5 atom stereocenters. The first-order valence-corrected chi connectivity index (χ1v) is 11.6. The number of amides is 2. The number of esters is 1. The molecule has 2 bridgehead atoms. The molecule has 0 radical (unpaired) electrons. The van der Waals surface area contributed by atoms with E-state index < -0.39 is 35.6 Å². The van der Waals surface area contributed by atoms with Crippen LogP contribution in [-0.2, 0) is 23.9 Å². The number of rotatable bonds is 8. The SMILES string of the molecule is C=CCN(C(=O)[C@H]1N(CCO)C(=O)[C@@H]2[C@@H](C(=O)OCC)[C@H]3CC[C@]21O3)c1c(C)cccc1Cl. The number of carbonyl (C=O) groups excluding carboxylic acids is 3. The first-order chi connectivity index (χ1) is 15.8. The summed E-state index contributed by atoms with van der Waals surface area (Å²) in [7, 11) is 0. The van der Waals surface area contributed by atoms with Crippen LogP contribution in [0, 0.1) is 18.8 Å². The quantitative estimate of drug-likeness (QED) is 0.456. The molecular formula is C24H29ClN2O6. The molecule has 1 N–H and O–H groups in total. The maximum atomic E-state index is 14.1. The Balaban J connectivity index is 1.79. The first-order valence-electron chi connectivity index (χ1n) is 11.3. The second-order valence-corrected chi connectivity index (χ2v) is 9.11. The summed E-state index contributed by atoms with van der Waals surface area (Å²) in [5.41, 5.74) is 0.181. The largest absolute Gasteiger partial charge is 0.466 e. The molecule has 2 amide bonds. The second-order valence-electron chi connectivity index (χ2n) is 8.71. The summed E-state index contributed by atoms with van der Waals surface area (Å²) in [6.45, 7) is 7.35. The maximum Gasteiger partial charge on any atom is 0.312 e. The molecule has 0 aliphatic carbocycles. The highest BCUT2D eigenvalue weighted by atomic mass is 35.5. The second kappa shape index (κ2) is 9.08. The average Bonchev–Trinajstić information content (AvgIpc) is 3.41. The number of hydrogen-bond acceptors (Lipinski definition) is 6. The molecule has 3 aliphatic rings. The van der Waals surface area contributed by atoms with Gasteiger partial charge in [0, 0.05) is 13.1 Å². The van der Waals surface area contributed by atoms with E-state index in [0.29, 0.717) is 23.6 Å². The van der Waals surface area contributed by atoms with Crippen LogP contribution in [0.1, 0.15) is 25.3 Å². The fourth-order valence-corrected chi connectivity index (χ4v) is 6.14. The monoisotopic (exact) mass is 476 g/mol. The molecule has 0 aromatic heterocycles. The number of hydrogen-bond donors (Lipinski definition) is 1. The van der Waals surface area contributed by atoms with Gasteiger partial charge in [0.25, 0.3) is 5.91 Å². The summed E-state index contributed by atoms with van der Waals surface area (Å²) in [5.74, 6) is -2.81. The number of aliphatic hydroxyl groups excluding tert-OH is 1. The van der Waals surface area contributed by atoms with E-state index in [2.05, 4.69) is 6.58 Å². The third-order valence-corrected chi connectivity index (χ3v) is 7.27. The Labute approximate surface area is 198 Å². The number of nitrogens with zero attached hydrogens (tertiary/aromatic N) is 2. The van der Waals surface area contributed by atoms with Gasteiger partial charge >= 0.3 is 5.97 Å². The van der Waals surface area contributed by atoms with Gasteiger partial charge in [-0.05, 0) is 38.3 Å². The van der Waals surface area contributed by atoms with Crippen LogP contribution in [0.5, 0.6) is 0 Å². The minimum atomic E-state index is -1.15. The number of aryl methyl sites for hydroxylation is 1. The lowest BCUT2D eigenvalue weighted by Crippen LogP contribution is -2.57. The Morgan fingerprint density at radius 1 is 1.45 bits per heavy atom. The highest BCUT2D eigenvalue weighted by molar-refractivity contribution is 6.34. The van der Waals surface area contributed by atoms with Gasteiger partial charge in [-0.2, -0.15) is 0 Å². The lowest BCUT2D eigenvalue weighted by atomic mass is 9.70. The van der Waals surface area contributed by atoms with Crippen LogP contribution in [0.15, 0.2) is 30.9 Å². The van der Waals surface area contributed by atoms with Gasteiger partial charge in [-0.1, -0.05) is 29.8 Å². The van der Waals surface area contributed by atoms with Crippen molar-refractivity contribution in [3.8, 4) is 0 Å². The third kappa shape index (κ3) is 3.55. The Hall–Kier alpha value is -2.42. The Kier molecular flexibility index (Phi) is 6.53. The van der Waals surface area contributed by atoms with E-state index in [9.17, 15) is 19.5 Å². The number of benzene rings is 1. The van der Waals surface area contributed by atoms with E-state index >= 15 is 0 Å². The van der Waals surface area contributed by atoms with E-state index in [4.69, 9.17) is 21.1 Å². The van der Waals surface area contributed by atoms with Crippen molar-refractivity contribution < 1.29 is 29.0 Å². The van der Waals surface area contributed by atoms with Gasteiger partial charge in [0.05, 0.1) is 41.9 Å². The number of halogens is 1. The first kappa shape index (κ1) is 23.7. The molecule has 0 unspecified atom stereocenters. The number of para-hydroxylation sites is 1. The lowest BCUT2D eigenvalue weighted by molar-refractivity contribution is -0.154. The molecule has 33 heavy (non-hydrogen) atoms. The van der Waals surface area contributed by atoms with Crippen molar-refractivity contribution in [1.29, 1.82) is 0 Å². The standard InChI is InChI=1S/C24H29ClN2O6/c1-4-11-26(19-14(3)7-6-8-15(19)25)22(30)20-24-10-9-16(33-24)17(23(31)32-5-2)18(24)21(29)27(20)12-13-28/h4,6-8,16-18,20,28H,1,5,9-13H2,2-3H3/t16-,17+,18+,20-,24+/m1/s1. The molecular weight excluding hydrogens is 448 g/mol. The summed E-state index contributed by atoms with van der Waals surface area (Å²) >= 11 is 6.48. The number of anilines is 1. The van der Waals surface area contributed by atoms with Crippen molar-refractivity contribution in [3.05, 3.63) is 41.4 Å². The van der Waals surface area contributed by atoms with Crippen LogP contribution in [0.25, 0.3) is 0 Å². The average molecular weight is 477 g/mol. The highest BCUT2D eigenvalue weighted by Gasteiger charge is 2.75. The summed E-state index contributed by atoms with van der Waals surface area (Å²) in [6.07, 6.45) is 2.14. The van der Waals surface area contributed by atoms with Gasteiger partial charge in [0.15, 0.2) is 0 Å². The lowest BCUT2D eigenvalue weighted by Gasteiger charge is -2.37. The van der Waals surface area contributed by atoms with E-state index in [1.165, 1.54) is 9.80 Å². The Bertz CT molecular complexity index is 963. The molecule has 3 aliphatic heterocycles. The smallest absolute Gasteiger partial charge is 0.312 e. The van der Waals surface area contributed by atoms with Crippen molar-refractivity contribution in [3.63, 3.8) is 0 Å². The van der Waals surface area contributed by atoms with Crippen molar-refractivity contribution in [2.75, 3.05) is 31.2 Å². The van der Waals surface area contributed by atoms with Gasteiger partial charge in [-0.3, -0.25) is 14.4 Å². The third-order valence-electron chi connectivity index (χ3n) is 6.97. The zero-order valence-electron chi connectivity index (χ0n) is 18.8. The molecule has 4 rings (SSSR count). The molecule has 9 heteroatoms. The molecule has 3 fully saturated rings. The number of fused-ring (bicyclic) bond motifs is 1. The topological polar surface area (TPSA) is 96.4 Å². The summed E-state index contributed by atoms with van der Waals surface area (Å²) in [4.78, 5) is 43.3. The predicted octanol–water partition coefficient (Wildman–Crippen LogP) is 2.10. The molecule has 3 heterocycles. The molecule has 1 aromatic rings. The van der Waals surface area contributed by atoms with Crippen molar-refractivity contribution in [2.45, 2.75) is 44.4 Å². The molecule has 178 valence electrons. The highest BCUT2D eigenvalue weighted by Crippen LogP contribution is 2.59. The van der Waals surface area contributed by atoms with Gasteiger partial charge in [-0.15, -0.1) is 6.58 Å². The number of carbonyl (C=O) groups is 3. The molecule has 8 nitrogen and oxygen atoms in total. The Morgan fingerprint density at radius 2 is 2.21 bits per heavy atom. The minimum Gasteiger partial charge on any atom is -0.466 e. The van der Waals surface area contributed by atoms with Crippen LogP contribution in [-0.4, -0.2) is 71.8 Å². The summed E-state index contributed by atoms with van der Waals surface area (Å²) in [5, 5.41) is 10.1. The van der Waals surface area contributed by atoms with Crippen LogP contribution in [0.3, 0.4) is 0 Å². The minimum absolute atomic E-state index is 0.0412. The van der Waals surface area contributed by atoms with E-state index in [1.54, 1.807) is 25.1 Å². The van der Waals surface area contributed by atoms with Crippen LogP contribution in [0.4, 0.5) is 5.69 Å². The maximum absolute atomic E-state index is 14.1. The van der Waals surface area contributed by atoms with Gasteiger partial charge in [0.2, 0.25) is 5.91 Å². The number of β-amino-alcohol motifs (C(OH)–C–C–N with tert-alkyl or cyclic N) is 1. The normalized spacial score (nSPS) is 29.8. The van der Waals surface area contributed by atoms with Gasteiger partial charge in [-0.25, -0.2) is 0 Å². The van der Waals surface area contributed by atoms with Crippen LogP contribution >= 0.6 is 11.6 Å². The predicted molar refractivity (Wildman–Crippen MR) is 122 cm³/mol. The zero-order valence-corrected chi connectivity index (χ0v) is 19.6. The number of ether oxygens (including phenoxy) is 2.